The lowest BCUT2D eigenvalue weighted by Gasteiger charge is -2.22. The molecule has 0 spiro atoms. The summed E-state index contributed by atoms with van der Waals surface area (Å²) < 4.78 is 11.7. The van der Waals surface area contributed by atoms with Crippen LogP contribution < -0.4 is 20.1 Å². The second kappa shape index (κ2) is 9.34. The molecule has 3 nitrogen and oxygen atoms in total. The third kappa shape index (κ3) is 4.37. The maximum Gasteiger partial charge on any atom is 0.193 e. The molecular formula is C23H23O3P. The highest BCUT2D eigenvalue weighted by Crippen LogP contribution is 2.43. The van der Waals surface area contributed by atoms with Crippen molar-refractivity contribution in [1.29, 1.82) is 0 Å². The molecule has 0 amide bonds. The fourth-order valence-electron chi connectivity index (χ4n) is 2.90. The minimum absolute atomic E-state index is 0.0879. The Labute approximate surface area is 161 Å². The SMILES string of the molecule is CCOc1ccccc1P(C(=O)c1ccccc1)c1ccccc1OCC. The van der Waals surface area contributed by atoms with E-state index >= 15 is 0 Å². The van der Waals surface area contributed by atoms with E-state index in [0.29, 0.717) is 18.8 Å². The third-order valence-electron chi connectivity index (χ3n) is 4.04. The zero-order valence-electron chi connectivity index (χ0n) is 15.6. The first-order chi connectivity index (χ1) is 13.3. The molecule has 3 rings (SSSR count). The molecule has 0 heterocycles. The van der Waals surface area contributed by atoms with Crippen LogP contribution in [0.15, 0.2) is 78.9 Å². The highest BCUT2D eigenvalue weighted by molar-refractivity contribution is 7.88. The molecule has 27 heavy (non-hydrogen) atoms. The van der Waals surface area contributed by atoms with Crippen LogP contribution >= 0.6 is 7.92 Å². The Morgan fingerprint density at radius 3 is 1.63 bits per heavy atom. The largest absolute Gasteiger partial charge is 0.493 e. The highest BCUT2D eigenvalue weighted by atomic mass is 31.1. The maximum absolute atomic E-state index is 13.6. The van der Waals surface area contributed by atoms with E-state index < -0.39 is 7.92 Å². The molecule has 0 saturated carbocycles. The molecule has 0 aliphatic rings. The Kier molecular flexibility index (Phi) is 6.62. The molecule has 0 aromatic heterocycles. The summed E-state index contributed by atoms with van der Waals surface area (Å²) in [6.07, 6.45) is 0. The second-order valence-electron chi connectivity index (χ2n) is 5.81. The fourth-order valence-corrected chi connectivity index (χ4v) is 5.19. The van der Waals surface area contributed by atoms with E-state index in [0.717, 1.165) is 22.1 Å². The van der Waals surface area contributed by atoms with Crippen LogP contribution in [-0.4, -0.2) is 18.7 Å². The van der Waals surface area contributed by atoms with Crippen molar-refractivity contribution in [3.8, 4) is 11.5 Å². The normalized spacial score (nSPS) is 10.6. The zero-order chi connectivity index (χ0) is 19.1. The molecule has 0 saturated heterocycles. The number of hydrogen-bond donors (Lipinski definition) is 0. The Balaban J connectivity index is 2.18. The number of benzene rings is 3. The van der Waals surface area contributed by atoms with Gasteiger partial charge in [-0.25, -0.2) is 0 Å². The molecule has 0 aliphatic carbocycles. The molecule has 0 radical (unpaired) electrons. The van der Waals surface area contributed by atoms with E-state index in [2.05, 4.69) is 0 Å². The highest BCUT2D eigenvalue weighted by Gasteiger charge is 2.29. The average Bonchev–Trinajstić information content (AvgIpc) is 2.72. The molecule has 0 atom stereocenters. The number of carbonyl (C=O) groups is 1. The molecular weight excluding hydrogens is 355 g/mol. The van der Waals surface area contributed by atoms with Crippen LogP contribution in [0.2, 0.25) is 0 Å². The van der Waals surface area contributed by atoms with Crippen molar-refractivity contribution in [1.82, 2.24) is 0 Å². The predicted molar refractivity (Wildman–Crippen MR) is 112 cm³/mol. The smallest absolute Gasteiger partial charge is 0.193 e. The number of ether oxygens (including phenoxy) is 2. The third-order valence-corrected chi connectivity index (χ3v) is 6.40. The lowest BCUT2D eigenvalue weighted by atomic mass is 10.2. The number of carbonyl (C=O) groups excluding carboxylic acids is 1. The van der Waals surface area contributed by atoms with Gasteiger partial charge in [0.15, 0.2) is 5.52 Å². The van der Waals surface area contributed by atoms with Crippen molar-refractivity contribution in [2.24, 2.45) is 0 Å². The molecule has 0 unspecified atom stereocenters. The van der Waals surface area contributed by atoms with Gasteiger partial charge in [0, 0.05) is 24.1 Å². The second-order valence-corrected chi connectivity index (χ2v) is 7.85. The first kappa shape index (κ1) is 19.1. The van der Waals surface area contributed by atoms with Crippen LogP contribution in [-0.2, 0) is 0 Å². The monoisotopic (exact) mass is 378 g/mol. The summed E-state index contributed by atoms with van der Waals surface area (Å²) in [5.74, 6) is 1.50. The molecule has 0 fully saturated rings. The van der Waals surface area contributed by atoms with Gasteiger partial charge in [-0.3, -0.25) is 4.79 Å². The Morgan fingerprint density at radius 1 is 0.704 bits per heavy atom. The summed E-state index contributed by atoms with van der Waals surface area (Å²) in [6.45, 7) is 5.00. The van der Waals surface area contributed by atoms with Gasteiger partial charge in [0.2, 0.25) is 0 Å². The fraction of sp³-hybridized carbons (Fsp3) is 0.174. The maximum atomic E-state index is 13.6. The minimum Gasteiger partial charge on any atom is -0.493 e. The van der Waals surface area contributed by atoms with Crippen molar-refractivity contribution in [3.63, 3.8) is 0 Å². The van der Waals surface area contributed by atoms with Gasteiger partial charge in [-0.15, -0.1) is 0 Å². The molecule has 4 heteroatoms. The standard InChI is InChI=1S/C23H23O3P/c1-3-25-19-14-8-10-16-21(19)27(23(24)18-12-6-5-7-13-18)22-17-11-9-15-20(22)26-4-2/h5-17H,3-4H2,1-2H3. The van der Waals surface area contributed by atoms with E-state index in [1.165, 1.54) is 0 Å². The van der Waals surface area contributed by atoms with Crippen LogP contribution in [0.5, 0.6) is 11.5 Å². The van der Waals surface area contributed by atoms with Crippen LogP contribution in [0.3, 0.4) is 0 Å². The van der Waals surface area contributed by atoms with Gasteiger partial charge in [-0.2, -0.15) is 0 Å². The quantitative estimate of drug-likeness (QED) is 0.530. The summed E-state index contributed by atoms with van der Waals surface area (Å²) in [5.41, 5.74) is 0.783. The van der Waals surface area contributed by atoms with E-state index in [9.17, 15) is 4.79 Å². The molecule has 0 N–H and O–H groups in total. The predicted octanol–water partition coefficient (Wildman–Crippen LogP) is 4.76. The van der Waals surface area contributed by atoms with E-state index in [4.69, 9.17) is 9.47 Å². The molecule has 0 bridgehead atoms. The van der Waals surface area contributed by atoms with Gasteiger partial charge in [-0.05, 0) is 26.0 Å². The van der Waals surface area contributed by atoms with E-state index in [-0.39, 0.29) is 5.52 Å². The summed E-state index contributed by atoms with van der Waals surface area (Å²) >= 11 is 0. The molecule has 0 aliphatic heterocycles. The van der Waals surface area contributed by atoms with Crippen LogP contribution in [0.4, 0.5) is 0 Å². The van der Waals surface area contributed by atoms with Crippen LogP contribution in [0.25, 0.3) is 0 Å². The summed E-state index contributed by atoms with van der Waals surface area (Å²) in [7, 11) is -1.34. The van der Waals surface area contributed by atoms with Gasteiger partial charge < -0.3 is 9.47 Å². The van der Waals surface area contributed by atoms with Gasteiger partial charge >= 0.3 is 0 Å². The van der Waals surface area contributed by atoms with E-state index in [1.54, 1.807) is 0 Å². The summed E-state index contributed by atoms with van der Waals surface area (Å²) in [6, 6.07) is 25.0. The minimum atomic E-state index is -1.34. The number of hydrogen-bond acceptors (Lipinski definition) is 3. The molecule has 138 valence electrons. The lowest BCUT2D eigenvalue weighted by Crippen LogP contribution is -2.22. The Bertz CT molecular complexity index is 843. The van der Waals surface area contributed by atoms with E-state index in [1.807, 2.05) is 92.7 Å². The van der Waals surface area contributed by atoms with Gasteiger partial charge in [0.1, 0.15) is 11.5 Å². The van der Waals surface area contributed by atoms with Crippen LogP contribution in [0, 0.1) is 0 Å². The average molecular weight is 378 g/mol. The van der Waals surface area contributed by atoms with Crippen LogP contribution in [0.1, 0.15) is 24.2 Å². The van der Waals surface area contributed by atoms with Gasteiger partial charge in [0.25, 0.3) is 0 Å². The van der Waals surface area contributed by atoms with Crippen molar-refractivity contribution < 1.29 is 14.3 Å². The number of para-hydroxylation sites is 2. The Hall–Kier alpha value is -2.64. The van der Waals surface area contributed by atoms with Crippen molar-refractivity contribution in [2.75, 3.05) is 13.2 Å². The first-order valence-electron chi connectivity index (χ1n) is 9.09. The lowest BCUT2D eigenvalue weighted by molar-refractivity contribution is 0.108. The number of rotatable bonds is 8. The van der Waals surface area contributed by atoms with Crippen molar-refractivity contribution in [2.45, 2.75) is 13.8 Å². The summed E-state index contributed by atoms with van der Waals surface area (Å²) in [4.78, 5) is 13.6. The zero-order valence-corrected chi connectivity index (χ0v) is 16.5. The topological polar surface area (TPSA) is 35.5 Å². The summed E-state index contributed by atoms with van der Waals surface area (Å²) in [5, 5.41) is 1.82. The molecule has 3 aromatic rings. The van der Waals surface area contributed by atoms with Crippen molar-refractivity contribution >= 4 is 24.1 Å². The first-order valence-corrected chi connectivity index (χ1v) is 10.4. The Morgan fingerprint density at radius 2 is 1.15 bits per heavy atom. The van der Waals surface area contributed by atoms with Gasteiger partial charge in [-0.1, -0.05) is 66.7 Å². The van der Waals surface area contributed by atoms with Gasteiger partial charge in [0.05, 0.1) is 13.2 Å². The van der Waals surface area contributed by atoms with Crippen molar-refractivity contribution in [3.05, 3.63) is 84.4 Å². The molecule has 3 aromatic carbocycles.